The molecule has 1 rings (SSSR count). The molecule has 0 amide bonds. The summed E-state index contributed by atoms with van der Waals surface area (Å²) in [5, 5.41) is 8.69. The molecule has 1 aromatic carbocycles. The molecule has 0 aliphatic carbocycles. The molecule has 0 saturated carbocycles. The van der Waals surface area contributed by atoms with Crippen molar-refractivity contribution in [3.63, 3.8) is 0 Å². The van der Waals surface area contributed by atoms with Gasteiger partial charge in [-0.1, -0.05) is 19.1 Å². The molecule has 1 unspecified atom stereocenters. The fraction of sp³-hybridized carbons (Fsp3) is 0.385. The minimum absolute atomic E-state index is 0.0393. The fourth-order valence-corrected chi connectivity index (χ4v) is 1.54. The predicted octanol–water partition coefficient (Wildman–Crippen LogP) is 1.96. The molecule has 5 heteroatoms. The van der Waals surface area contributed by atoms with Crippen molar-refractivity contribution in [1.82, 2.24) is 0 Å². The molecule has 0 aliphatic rings. The third-order valence-electron chi connectivity index (χ3n) is 2.41. The van der Waals surface area contributed by atoms with Crippen LogP contribution in [0, 0.1) is 5.92 Å². The van der Waals surface area contributed by atoms with Crippen molar-refractivity contribution in [1.29, 1.82) is 0 Å². The van der Waals surface area contributed by atoms with Gasteiger partial charge in [0.05, 0.1) is 12.0 Å². The van der Waals surface area contributed by atoms with Crippen LogP contribution in [-0.2, 0) is 9.53 Å². The largest absolute Gasteiger partial charge is 0.481 e. The zero-order valence-corrected chi connectivity index (χ0v) is 10.4. The van der Waals surface area contributed by atoms with E-state index in [1.165, 1.54) is 7.11 Å². The lowest BCUT2D eigenvalue weighted by Crippen LogP contribution is -2.16. The fourth-order valence-electron chi connectivity index (χ4n) is 1.54. The first-order valence-electron chi connectivity index (χ1n) is 5.53. The SMILES string of the molecule is COCOc1ccccc1C(=O)C(C)CC(=O)O. The maximum atomic E-state index is 12.1. The average molecular weight is 252 g/mol. The number of rotatable bonds is 7. The molecule has 0 fully saturated rings. The van der Waals surface area contributed by atoms with E-state index in [-0.39, 0.29) is 19.0 Å². The third-order valence-corrected chi connectivity index (χ3v) is 2.41. The van der Waals surface area contributed by atoms with Crippen molar-refractivity contribution in [2.75, 3.05) is 13.9 Å². The maximum Gasteiger partial charge on any atom is 0.304 e. The van der Waals surface area contributed by atoms with Gasteiger partial charge < -0.3 is 14.6 Å². The Morgan fingerprint density at radius 3 is 2.61 bits per heavy atom. The van der Waals surface area contributed by atoms with E-state index in [1.54, 1.807) is 31.2 Å². The molecule has 0 radical (unpaired) electrons. The van der Waals surface area contributed by atoms with Gasteiger partial charge in [-0.25, -0.2) is 0 Å². The zero-order chi connectivity index (χ0) is 13.5. The minimum Gasteiger partial charge on any atom is -0.481 e. The van der Waals surface area contributed by atoms with E-state index in [1.807, 2.05) is 0 Å². The Morgan fingerprint density at radius 1 is 1.33 bits per heavy atom. The summed E-state index contributed by atoms with van der Waals surface area (Å²) in [5.41, 5.74) is 0.378. The lowest BCUT2D eigenvalue weighted by Gasteiger charge is -2.12. The highest BCUT2D eigenvalue weighted by molar-refractivity contribution is 6.01. The molecule has 0 aromatic heterocycles. The molecule has 98 valence electrons. The summed E-state index contributed by atoms with van der Waals surface area (Å²) >= 11 is 0. The smallest absolute Gasteiger partial charge is 0.304 e. The summed E-state index contributed by atoms with van der Waals surface area (Å²) in [5.74, 6) is -1.42. The lowest BCUT2D eigenvalue weighted by molar-refractivity contribution is -0.137. The monoisotopic (exact) mass is 252 g/mol. The Hall–Kier alpha value is -1.88. The van der Waals surface area contributed by atoms with E-state index in [9.17, 15) is 9.59 Å². The molecule has 1 N–H and O–H groups in total. The van der Waals surface area contributed by atoms with Crippen LogP contribution in [0.2, 0.25) is 0 Å². The highest BCUT2D eigenvalue weighted by Crippen LogP contribution is 2.22. The quantitative estimate of drug-likeness (QED) is 0.593. The zero-order valence-electron chi connectivity index (χ0n) is 10.4. The van der Waals surface area contributed by atoms with Crippen LogP contribution < -0.4 is 4.74 Å². The highest BCUT2D eigenvalue weighted by atomic mass is 16.7. The normalized spacial score (nSPS) is 11.9. The van der Waals surface area contributed by atoms with Gasteiger partial charge in [0.25, 0.3) is 0 Å². The van der Waals surface area contributed by atoms with Crippen molar-refractivity contribution in [2.45, 2.75) is 13.3 Å². The number of Topliss-reactive ketones (excluding diaryl/α,β-unsaturated/α-hetero) is 1. The van der Waals surface area contributed by atoms with Gasteiger partial charge in [0.2, 0.25) is 0 Å². The Kier molecular flexibility index (Phi) is 5.32. The maximum absolute atomic E-state index is 12.1. The van der Waals surface area contributed by atoms with Crippen molar-refractivity contribution >= 4 is 11.8 Å². The van der Waals surface area contributed by atoms with E-state index in [0.29, 0.717) is 11.3 Å². The Morgan fingerprint density at radius 2 is 2.00 bits per heavy atom. The topological polar surface area (TPSA) is 72.8 Å². The molecular formula is C13H16O5. The molecule has 0 saturated heterocycles. The number of methoxy groups -OCH3 is 1. The third kappa shape index (κ3) is 3.85. The van der Waals surface area contributed by atoms with Crippen molar-refractivity contribution in [3.8, 4) is 5.75 Å². The molecular weight excluding hydrogens is 236 g/mol. The standard InChI is InChI=1S/C13H16O5/c1-9(7-12(14)15)13(16)10-5-3-4-6-11(10)18-8-17-2/h3-6,9H,7-8H2,1-2H3,(H,14,15). The van der Waals surface area contributed by atoms with Crippen molar-refractivity contribution < 1.29 is 24.2 Å². The number of para-hydroxylation sites is 1. The number of hydrogen-bond acceptors (Lipinski definition) is 4. The Bertz CT molecular complexity index is 427. The number of carboxylic acid groups (broad SMARTS) is 1. The van der Waals surface area contributed by atoms with Crippen LogP contribution >= 0.6 is 0 Å². The number of carboxylic acids is 1. The van der Waals surface area contributed by atoms with Gasteiger partial charge in [-0.3, -0.25) is 9.59 Å². The number of hydrogen-bond donors (Lipinski definition) is 1. The van der Waals surface area contributed by atoms with Gasteiger partial charge in [0.1, 0.15) is 5.75 Å². The number of ketones is 1. The first-order chi connectivity index (χ1) is 8.56. The molecule has 0 heterocycles. The molecule has 5 nitrogen and oxygen atoms in total. The van der Waals surface area contributed by atoms with E-state index in [2.05, 4.69) is 0 Å². The van der Waals surface area contributed by atoms with Crippen LogP contribution in [0.5, 0.6) is 5.75 Å². The molecule has 1 atom stereocenters. The van der Waals surface area contributed by atoms with Crippen LogP contribution in [0.25, 0.3) is 0 Å². The molecule has 18 heavy (non-hydrogen) atoms. The number of carbonyl (C=O) groups is 2. The highest BCUT2D eigenvalue weighted by Gasteiger charge is 2.21. The van der Waals surface area contributed by atoms with Crippen LogP contribution in [0.3, 0.4) is 0 Å². The second-order valence-corrected chi connectivity index (χ2v) is 3.91. The lowest BCUT2D eigenvalue weighted by atomic mass is 9.96. The van der Waals surface area contributed by atoms with E-state index >= 15 is 0 Å². The minimum atomic E-state index is -0.994. The van der Waals surface area contributed by atoms with E-state index < -0.39 is 11.9 Å². The van der Waals surface area contributed by atoms with Gasteiger partial charge in [-0.2, -0.15) is 0 Å². The number of ether oxygens (including phenoxy) is 2. The van der Waals surface area contributed by atoms with Gasteiger partial charge >= 0.3 is 5.97 Å². The average Bonchev–Trinajstić information content (AvgIpc) is 2.35. The summed E-state index contributed by atoms with van der Waals surface area (Å²) in [7, 11) is 1.48. The van der Waals surface area contributed by atoms with Gasteiger partial charge in [-0.15, -0.1) is 0 Å². The van der Waals surface area contributed by atoms with Crippen LogP contribution in [0.15, 0.2) is 24.3 Å². The second-order valence-electron chi connectivity index (χ2n) is 3.91. The van der Waals surface area contributed by atoms with Crippen LogP contribution in [0.4, 0.5) is 0 Å². The van der Waals surface area contributed by atoms with Gasteiger partial charge in [0.15, 0.2) is 12.6 Å². The molecule has 1 aromatic rings. The van der Waals surface area contributed by atoms with Crippen LogP contribution in [0.1, 0.15) is 23.7 Å². The van der Waals surface area contributed by atoms with Gasteiger partial charge in [-0.05, 0) is 12.1 Å². The first-order valence-corrected chi connectivity index (χ1v) is 5.53. The molecule has 0 aliphatic heterocycles. The number of benzene rings is 1. The Labute approximate surface area is 105 Å². The number of aliphatic carboxylic acids is 1. The van der Waals surface area contributed by atoms with Gasteiger partial charge in [0, 0.05) is 13.0 Å². The summed E-state index contributed by atoms with van der Waals surface area (Å²) in [6.07, 6.45) is -0.197. The summed E-state index contributed by atoms with van der Waals surface area (Å²) in [6, 6.07) is 6.72. The number of carbonyl (C=O) groups excluding carboxylic acids is 1. The van der Waals surface area contributed by atoms with E-state index in [0.717, 1.165) is 0 Å². The van der Waals surface area contributed by atoms with Crippen molar-refractivity contribution in [2.24, 2.45) is 5.92 Å². The van der Waals surface area contributed by atoms with Crippen molar-refractivity contribution in [3.05, 3.63) is 29.8 Å². The molecule has 0 spiro atoms. The summed E-state index contributed by atoms with van der Waals surface area (Å²) in [6.45, 7) is 1.63. The van der Waals surface area contributed by atoms with Crippen LogP contribution in [-0.4, -0.2) is 30.8 Å². The second kappa shape index (κ2) is 6.76. The first kappa shape index (κ1) is 14.2. The molecule has 0 bridgehead atoms. The summed E-state index contributed by atoms with van der Waals surface area (Å²) < 4.78 is 10.0. The van der Waals surface area contributed by atoms with E-state index in [4.69, 9.17) is 14.6 Å². The summed E-state index contributed by atoms with van der Waals surface area (Å²) in [4.78, 5) is 22.7. The predicted molar refractivity (Wildman–Crippen MR) is 64.7 cm³/mol. The Balaban J connectivity index is 2.87.